The van der Waals surface area contributed by atoms with E-state index in [1.54, 1.807) is 0 Å². The molecule has 1 aliphatic rings. The second-order valence-corrected chi connectivity index (χ2v) is 2.78. The maximum Gasteiger partial charge on any atom is 0.508 e. The van der Waals surface area contributed by atoms with Crippen LogP contribution in [0.15, 0.2) is 0 Å². The molecule has 0 N–H and O–H groups in total. The molecule has 6 heteroatoms. The molecule has 78 valence electrons. The molecule has 1 saturated heterocycles. The molecule has 14 heavy (non-hydrogen) atoms. The first-order valence-electron chi connectivity index (χ1n) is 4.10. The van der Waals surface area contributed by atoms with Gasteiger partial charge in [0.15, 0.2) is 0 Å². The number of ether oxygens (including phenoxy) is 3. The van der Waals surface area contributed by atoms with E-state index in [1.165, 1.54) is 0 Å². The summed E-state index contributed by atoms with van der Waals surface area (Å²) in [5.41, 5.74) is 0. The van der Waals surface area contributed by atoms with Gasteiger partial charge in [-0.15, -0.1) is 0 Å². The number of cyclic esters (lactones) is 2. The van der Waals surface area contributed by atoms with Crippen LogP contribution < -0.4 is 0 Å². The molecule has 1 atom stereocenters. The number of Topliss-reactive ketones (excluding diaryl/α,β-unsaturated/α-hetero) is 1. The number of hydrogen-bond acceptors (Lipinski definition) is 6. The predicted molar refractivity (Wildman–Crippen MR) is 42.5 cm³/mol. The third-order valence-corrected chi connectivity index (χ3v) is 1.61. The highest BCUT2D eigenvalue weighted by molar-refractivity contribution is 6.32. The van der Waals surface area contributed by atoms with Gasteiger partial charge in [-0.25, -0.2) is 9.59 Å². The van der Waals surface area contributed by atoms with Crippen LogP contribution in [0.25, 0.3) is 0 Å². The lowest BCUT2D eigenvalue weighted by atomic mass is 10.3. The predicted octanol–water partition coefficient (Wildman–Crippen LogP) is 0.0441. The summed E-state index contributed by atoms with van der Waals surface area (Å²) >= 11 is 0. The standard InChI is InChI=1S/C8H10O6/c1-5(9)7(10)12-3-2-6-4-13-8(11)14-6/h6H,2-4H2,1H3. The topological polar surface area (TPSA) is 78.9 Å². The van der Waals surface area contributed by atoms with Gasteiger partial charge in [-0.3, -0.25) is 4.79 Å². The van der Waals surface area contributed by atoms with Crippen molar-refractivity contribution in [1.29, 1.82) is 0 Å². The van der Waals surface area contributed by atoms with E-state index < -0.39 is 17.9 Å². The van der Waals surface area contributed by atoms with Gasteiger partial charge in [-0.1, -0.05) is 0 Å². The summed E-state index contributed by atoms with van der Waals surface area (Å²) in [5, 5.41) is 0. The molecule has 0 aromatic carbocycles. The molecule has 0 aromatic rings. The van der Waals surface area contributed by atoms with Crippen LogP contribution in [0.3, 0.4) is 0 Å². The largest absolute Gasteiger partial charge is 0.508 e. The van der Waals surface area contributed by atoms with Gasteiger partial charge in [-0.05, 0) is 0 Å². The van der Waals surface area contributed by atoms with Gasteiger partial charge in [-0.2, -0.15) is 0 Å². The third kappa shape index (κ3) is 3.04. The van der Waals surface area contributed by atoms with E-state index in [0.29, 0.717) is 6.42 Å². The Labute approximate surface area is 80.1 Å². The summed E-state index contributed by atoms with van der Waals surface area (Å²) in [5.74, 6) is -1.53. The van der Waals surface area contributed by atoms with E-state index in [1.807, 2.05) is 0 Å². The molecule has 1 unspecified atom stereocenters. The van der Waals surface area contributed by atoms with Crippen molar-refractivity contribution in [3.05, 3.63) is 0 Å². The minimum absolute atomic E-state index is 0.0414. The Hall–Kier alpha value is -1.59. The van der Waals surface area contributed by atoms with E-state index in [0.717, 1.165) is 6.92 Å². The van der Waals surface area contributed by atoms with Gasteiger partial charge in [0, 0.05) is 13.3 Å². The Balaban J connectivity index is 2.13. The van der Waals surface area contributed by atoms with E-state index in [2.05, 4.69) is 14.2 Å². The summed E-state index contributed by atoms with van der Waals surface area (Å²) in [7, 11) is 0. The van der Waals surface area contributed by atoms with Crippen LogP contribution in [0.2, 0.25) is 0 Å². The second kappa shape index (κ2) is 4.59. The zero-order valence-corrected chi connectivity index (χ0v) is 7.65. The smallest absolute Gasteiger partial charge is 0.460 e. The molecule has 6 nitrogen and oxygen atoms in total. The van der Waals surface area contributed by atoms with Gasteiger partial charge >= 0.3 is 12.1 Å². The van der Waals surface area contributed by atoms with Gasteiger partial charge in [0.25, 0.3) is 0 Å². The van der Waals surface area contributed by atoms with Crippen molar-refractivity contribution in [3.63, 3.8) is 0 Å². The van der Waals surface area contributed by atoms with Crippen molar-refractivity contribution in [2.45, 2.75) is 19.4 Å². The fraction of sp³-hybridized carbons (Fsp3) is 0.625. The Kier molecular flexibility index (Phi) is 3.44. The quantitative estimate of drug-likeness (QED) is 0.473. The zero-order chi connectivity index (χ0) is 10.6. The average Bonchev–Trinajstić information content (AvgIpc) is 2.51. The van der Waals surface area contributed by atoms with Crippen molar-refractivity contribution < 1.29 is 28.6 Å². The molecule has 0 radical (unpaired) electrons. The summed E-state index contributed by atoms with van der Waals surface area (Å²) in [4.78, 5) is 31.6. The van der Waals surface area contributed by atoms with Crippen LogP contribution in [0.1, 0.15) is 13.3 Å². The lowest BCUT2D eigenvalue weighted by molar-refractivity contribution is -0.153. The Morgan fingerprint density at radius 3 is 2.79 bits per heavy atom. The van der Waals surface area contributed by atoms with Crippen molar-refractivity contribution >= 4 is 17.9 Å². The summed E-state index contributed by atoms with van der Waals surface area (Å²) in [6.45, 7) is 1.33. The van der Waals surface area contributed by atoms with Crippen molar-refractivity contribution in [2.24, 2.45) is 0 Å². The van der Waals surface area contributed by atoms with Crippen LogP contribution >= 0.6 is 0 Å². The van der Waals surface area contributed by atoms with E-state index in [4.69, 9.17) is 0 Å². The van der Waals surface area contributed by atoms with Gasteiger partial charge in [0.2, 0.25) is 5.78 Å². The van der Waals surface area contributed by atoms with Crippen molar-refractivity contribution in [3.8, 4) is 0 Å². The van der Waals surface area contributed by atoms with Crippen molar-refractivity contribution in [2.75, 3.05) is 13.2 Å². The molecule has 1 fully saturated rings. The van der Waals surface area contributed by atoms with E-state index in [9.17, 15) is 14.4 Å². The van der Waals surface area contributed by atoms with E-state index >= 15 is 0 Å². The summed E-state index contributed by atoms with van der Waals surface area (Å²) in [6, 6.07) is 0. The fourth-order valence-electron chi connectivity index (χ4n) is 0.892. The maximum atomic E-state index is 10.7. The number of rotatable bonds is 4. The molecule has 0 aromatic heterocycles. The monoisotopic (exact) mass is 202 g/mol. The van der Waals surface area contributed by atoms with Crippen molar-refractivity contribution in [1.82, 2.24) is 0 Å². The molecule has 1 heterocycles. The fourth-order valence-corrected chi connectivity index (χ4v) is 0.892. The molecule has 1 rings (SSSR count). The number of ketones is 1. The molecule has 1 aliphatic heterocycles. The minimum atomic E-state index is -0.879. The maximum absolute atomic E-state index is 10.7. The first-order chi connectivity index (χ1) is 6.59. The molecule has 0 amide bonds. The van der Waals surface area contributed by atoms with Crippen LogP contribution in [0.5, 0.6) is 0 Å². The third-order valence-electron chi connectivity index (χ3n) is 1.61. The molecule has 0 saturated carbocycles. The lowest BCUT2D eigenvalue weighted by Crippen LogP contribution is -2.18. The van der Waals surface area contributed by atoms with Gasteiger partial charge in [0.05, 0.1) is 6.61 Å². The number of carbonyl (C=O) groups is 3. The number of hydrogen-bond donors (Lipinski definition) is 0. The lowest BCUT2D eigenvalue weighted by Gasteiger charge is -2.05. The second-order valence-electron chi connectivity index (χ2n) is 2.78. The molecule has 0 aliphatic carbocycles. The molecular formula is C8H10O6. The van der Waals surface area contributed by atoms with E-state index in [-0.39, 0.29) is 19.3 Å². The van der Waals surface area contributed by atoms with Crippen LogP contribution in [0.4, 0.5) is 4.79 Å². The van der Waals surface area contributed by atoms with Crippen LogP contribution in [-0.4, -0.2) is 37.2 Å². The minimum Gasteiger partial charge on any atom is -0.460 e. The first kappa shape index (κ1) is 10.5. The van der Waals surface area contributed by atoms with Crippen LogP contribution in [-0.2, 0) is 23.8 Å². The highest BCUT2D eigenvalue weighted by Crippen LogP contribution is 2.09. The van der Waals surface area contributed by atoms with Crippen LogP contribution in [0, 0.1) is 0 Å². The number of esters is 1. The molecule has 0 spiro atoms. The normalized spacial score (nSPS) is 19.8. The highest BCUT2D eigenvalue weighted by Gasteiger charge is 2.25. The summed E-state index contributed by atoms with van der Waals surface area (Å²) in [6.07, 6.45) is -0.764. The SMILES string of the molecule is CC(=O)C(=O)OCCC1COC(=O)O1. The molecule has 0 bridgehead atoms. The molecular weight excluding hydrogens is 192 g/mol. The summed E-state index contributed by atoms with van der Waals surface area (Å²) < 4.78 is 13.7. The Morgan fingerprint density at radius 1 is 1.57 bits per heavy atom. The van der Waals surface area contributed by atoms with Gasteiger partial charge < -0.3 is 14.2 Å². The average molecular weight is 202 g/mol. The Morgan fingerprint density at radius 2 is 2.29 bits per heavy atom. The number of carbonyl (C=O) groups excluding carboxylic acids is 3. The Bertz CT molecular complexity index is 259. The zero-order valence-electron chi connectivity index (χ0n) is 7.65. The van der Waals surface area contributed by atoms with Gasteiger partial charge in [0.1, 0.15) is 12.7 Å². The first-order valence-corrected chi connectivity index (χ1v) is 4.10. The highest BCUT2D eigenvalue weighted by atomic mass is 16.8.